The average Bonchev–Trinajstić information content (AvgIpc) is 2.97. The molecule has 0 radical (unpaired) electrons. The van der Waals surface area contributed by atoms with Crippen LogP contribution in [0, 0.1) is 3.57 Å². The highest BCUT2D eigenvalue weighted by atomic mass is 127. The third-order valence-corrected chi connectivity index (χ3v) is 4.84. The molecule has 0 aromatic heterocycles. The quantitative estimate of drug-likeness (QED) is 0.765. The Kier molecular flexibility index (Phi) is 4.80. The predicted molar refractivity (Wildman–Crippen MR) is 94.9 cm³/mol. The Bertz CT molecular complexity index is 626. The number of hydrogen-bond acceptors (Lipinski definition) is 2. The molecule has 0 fully saturated rings. The minimum atomic E-state index is 0.254. The molecule has 0 spiro atoms. The molecule has 1 aliphatic heterocycles. The van der Waals surface area contributed by atoms with Crippen molar-refractivity contribution in [1.82, 2.24) is 5.32 Å². The van der Waals surface area contributed by atoms with Crippen molar-refractivity contribution in [1.29, 1.82) is 0 Å². The molecule has 0 saturated heterocycles. The van der Waals surface area contributed by atoms with Crippen LogP contribution in [0.25, 0.3) is 0 Å². The molecule has 1 aliphatic rings. The standard InChI is InChI=1S/C18H20INO/c1-2-10-20-18(15-5-3-4-6-16(15)19)14-7-8-17-13(12-14)9-11-21-17/h3-8,12,18,20H,2,9-11H2,1H3. The lowest BCUT2D eigenvalue weighted by atomic mass is 9.96. The monoisotopic (exact) mass is 393 g/mol. The van der Waals surface area contributed by atoms with E-state index in [9.17, 15) is 0 Å². The van der Waals surface area contributed by atoms with Crippen molar-refractivity contribution in [3.63, 3.8) is 0 Å². The van der Waals surface area contributed by atoms with Gasteiger partial charge in [0.05, 0.1) is 12.6 Å². The fourth-order valence-electron chi connectivity index (χ4n) is 2.79. The predicted octanol–water partition coefficient (Wildman–Crippen LogP) is 4.32. The maximum absolute atomic E-state index is 5.62. The third-order valence-electron chi connectivity index (χ3n) is 3.86. The van der Waals surface area contributed by atoms with E-state index in [4.69, 9.17) is 4.74 Å². The van der Waals surface area contributed by atoms with Crippen molar-refractivity contribution in [2.75, 3.05) is 13.2 Å². The van der Waals surface area contributed by atoms with Crippen molar-refractivity contribution in [2.45, 2.75) is 25.8 Å². The highest BCUT2D eigenvalue weighted by molar-refractivity contribution is 14.1. The first-order valence-electron chi connectivity index (χ1n) is 7.53. The SMILES string of the molecule is CCCNC(c1ccc2c(c1)CCO2)c1ccccc1I. The van der Waals surface area contributed by atoms with Gasteiger partial charge in [0.1, 0.15) is 5.75 Å². The maximum atomic E-state index is 5.62. The first kappa shape index (κ1) is 14.9. The van der Waals surface area contributed by atoms with E-state index < -0.39 is 0 Å². The highest BCUT2D eigenvalue weighted by Gasteiger charge is 2.19. The van der Waals surface area contributed by atoms with Gasteiger partial charge in [0.25, 0.3) is 0 Å². The van der Waals surface area contributed by atoms with E-state index in [1.807, 2.05) is 0 Å². The van der Waals surface area contributed by atoms with E-state index in [0.29, 0.717) is 0 Å². The minimum absolute atomic E-state index is 0.254. The van der Waals surface area contributed by atoms with E-state index in [-0.39, 0.29) is 6.04 Å². The van der Waals surface area contributed by atoms with Gasteiger partial charge in [-0.3, -0.25) is 0 Å². The number of benzene rings is 2. The van der Waals surface area contributed by atoms with Crippen LogP contribution in [0.3, 0.4) is 0 Å². The van der Waals surface area contributed by atoms with Crippen LogP contribution >= 0.6 is 22.6 Å². The van der Waals surface area contributed by atoms with Crippen molar-refractivity contribution >= 4 is 22.6 Å². The van der Waals surface area contributed by atoms with Crippen LogP contribution < -0.4 is 10.1 Å². The zero-order valence-electron chi connectivity index (χ0n) is 12.2. The summed E-state index contributed by atoms with van der Waals surface area (Å²) in [5.41, 5.74) is 4.02. The van der Waals surface area contributed by atoms with Gasteiger partial charge in [-0.2, -0.15) is 0 Å². The molecule has 2 aromatic rings. The molecular formula is C18H20INO. The van der Waals surface area contributed by atoms with Gasteiger partial charge in [0, 0.05) is 9.99 Å². The number of hydrogen-bond donors (Lipinski definition) is 1. The third kappa shape index (κ3) is 3.24. The molecule has 0 bridgehead atoms. The molecule has 3 heteroatoms. The summed E-state index contributed by atoms with van der Waals surface area (Å²) in [6.45, 7) is 4.04. The first-order chi connectivity index (χ1) is 10.3. The summed E-state index contributed by atoms with van der Waals surface area (Å²) in [5.74, 6) is 1.05. The molecule has 21 heavy (non-hydrogen) atoms. The number of nitrogens with one attached hydrogen (secondary N) is 1. The second-order valence-corrected chi connectivity index (χ2v) is 6.54. The number of rotatable bonds is 5. The van der Waals surface area contributed by atoms with Crippen LogP contribution in [0.15, 0.2) is 42.5 Å². The van der Waals surface area contributed by atoms with Crippen LogP contribution in [0.2, 0.25) is 0 Å². The van der Waals surface area contributed by atoms with Crippen LogP contribution in [-0.4, -0.2) is 13.2 Å². The topological polar surface area (TPSA) is 21.3 Å². The van der Waals surface area contributed by atoms with E-state index >= 15 is 0 Å². The largest absolute Gasteiger partial charge is 0.493 e. The van der Waals surface area contributed by atoms with Crippen molar-refractivity contribution in [3.8, 4) is 5.75 Å². The zero-order chi connectivity index (χ0) is 14.7. The molecule has 3 rings (SSSR count). The van der Waals surface area contributed by atoms with Gasteiger partial charge in [0.15, 0.2) is 0 Å². The van der Waals surface area contributed by atoms with Crippen LogP contribution in [0.4, 0.5) is 0 Å². The lowest BCUT2D eigenvalue weighted by molar-refractivity contribution is 0.357. The summed E-state index contributed by atoms with van der Waals surface area (Å²) >= 11 is 2.43. The fourth-order valence-corrected chi connectivity index (χ4v) is 3.49. The van der Waals surface area contributed by atoms with E-state index in [0.717, 1.165) is 31.7 Å². The average molecular weight is 393 g/mol. The van der Waals surface area contributed by atoms with Gasteiger partial charge in [-0.05, 0) is 64.4 Å². The molecule has 1 heterocycles. The Balaban J connectivity index is 1.97. The normalized spacial score (nSPS) is 14.6. The van der Waals surface area contributed by atoms with Gasteiger partial charge in [-0.25, -0.2) is 0 Å². The molecule has 0 saturated carbocycles. The van der Waals surface area contributed by atoms with Crippen molar-refractivity contribution < 1.29 is 4.74 Å². The summed E-state index contributed by atoms with van der Waals surface area (Å²) in [6.07, 6.45) is 2.16. The second kappa shape index (κ2) is 6.79. The molecular weight excluding hydrogens is 373 g/mol. The van der Waals surface area contributed by atoms with Crippen LogP contribution in [0.5, 0.6) is 5.75 Å². The van der Waals surface area contributed by atoms with E-state index in [1.54, 1.807) is 0 Å². The maximum Gasteiger partial charge on any atom is 0.122 e. The second-order valence-electron chi connectivity index (χ2n) is 5.37. The van der Waals surface area contributed by atoms with Gasteiger partial charge in [-0.1, -0.05) is 37.3 Å². The lowest BCUT2D eigenvalue weighted by Crippen LogP contribution is -2.24. The van der Waals surface area contributed by atoms with Gasteiger partial charge in [-0.15, -0.1) is 0 Å². The Morgan fingerprint density at radius 2 is 2.10 bits per heavy atom. The van der Waals surface area contributed by atoms with E-state index in [2.05, 4.69) is 77.3 Å². The number of fused-ring (bicyclic) bond motifs is 1. The molecule has 2 aromatic carbocycles. The summed E-state index contributed by atoms with van der Waals surface area (Å²) in [4.78, 5) is 0. The molecule has 0 amide bonds. The summed E-state index contributed by atoms with van der Waals surface area (Å²) in [5, 5.41) is 3.69. The summed E-state index contributed by atoms with van der Waals surface area (Å²) in [7, 11) is 0. The zero-order valence-corrected chi connectivity index (χ0v) is 14.4. The van der Waals surface area contributed by atoms with Gasteiger partial charge >= 0.3 is 0 Å². The smallest absolute Gasteiger partial charge is 0.122 e. The molecule has 0 aliphatic carbocycles. The van der Waals surface area contributed by atoms with Gasteiger partial charge in [0.2, 0.25) is 0 Å². The molecule has 2 nitrogen and oxygen atoms in total. The number of ether oxygens (including phenoxy) is 1. The van der Waals surface area contributed by atoms with Gasteiger partial charge < -0.3 is 10.1 Å². The number of halogens is 1. The molecule has 1 unspecified atom stereocenters. The molecule has 1 N–H and O–H groups in total. The Labute approximate surface area is 140 Å². The van der Waals surface area contributed by atoms with E-state index in [1.165, 1.54) is 20.3 Å². The lowest BCUT2D eigenvalue weighted by Gasteiger charge is -2.21. The summed E-state index contributed by atoms with van der Waals surface area (Å²) in [6, 6.07) is 15.5. The summed E-state index contributed by atoms with van der Waals surface area (Å²) < 4.78 is 6.93. The molecule has 110 valence electrons. The Hall–Kier alpha value is -1.07. The Morgan fingerprint density at radius 1 is 1.24 bits per heavy atom. The minimum Gasteiger partial charge on any atom is -0.493 e. The fraction of sp³-hybridized carbons (Fsp3) is 0.333. The first-order valence-corrected chi connectivity index (χ1v) is 8.61. The van der Waals surface area contributed by atoms with Crippen LogP contribution in [0.1, 0.15) is 36.1 Å². The van der Waals surface area contributed by atoms with Crippen molar-refractivity contribution in [3.05, 3.63) is 62.7 Å². The Morgan fingerprint density at radius 3 is 2.90 bits per heavy atom. The molecule has 1 atom stereocenters. The van der Waals surface area contributed by atoms with Crippen molar-refractivity contribution in [2.24, 2.45) is 0 Å². The highest BCUT2D eigenvalue weighted by Crippen LogP contribution is 2.32. The van der Waals surface area contributed by atoms with Crippen LogP contribution in [-0.2, 0) is 6.42 Å².